The van der Waals surface area contributed by atoms with E-state index in [0.717, 1.165) is 5.69 Å². The van der Waals surface area contributed by atoms with Gasteiger partial charge in [0, 0.05) is 19.8 Å². The highest BCUT2D eigenvalue weighted by Crippen LogP contribution is 2.15. The maximum atomic E-state index is 12.2. The van der Waals surface area contributed by atoms with Crippen LogP contribution in [0.25, 0.3) is 0 Å². The first-order valence-corrected chi connectivity index (χ1v) is 9.26. The van der Waals surface area contributed by atoms with Gasteiger partial charge in [0.15, 0.2) is 9.84 Å². The predicted molar refractivity (Wildman–Crippen MR) is 92.3 cm³/mol. The normalized spacial score (nSPS) is 12.4. The first-order valence-electron chi connectivity index (χ1n) is 7.61. The number of carbonyl (C=O) groups is 1. The fourth-order valence-electron chi connectivity index (χ4n) is 2.16. The largest absolute Gasteiger partial charge is 0.337 e. The van der Waals surface area contributed by atoms with Crippen LogP contribution in [0.15, 0.2) is 59.6 Å². The molecule has 1 N–H and O–H groups in total. The van der Waals surface area contributed by atoms with Gasteiger partial charge in [-0.15, -0.1) is 0 Å². The Morgan fingerprint density at radius 3 is 2.46 bits per heavy atom. The lowest BCUT2D eigenvalue weighted by Gasteiger charge is -2.24. The molecule has 6 nitrogen and oxygen atoms in total. The van der Waals surface area contributed by atoms with Gasteiger partial charge in [-0.2, -0.15) is 0 Å². The van der Waals surface area contributed by atoms with Crippen LogP contribution in [0, 0.1) is 0 Å². The van der Waals surface area contributed by atoms with Crippen molar-refractivity contribution in [3.05, 3.63) is 60.4 Å². The van der Waals surface area contributed by atoms with E-state index in [1.54, 1.807) is 43.6 Å². The van der Waals surface area contributed by atoms with Crippen molar-refractivity contribution >= 4 is 15.9 Å². The molecule has 0 saturated heterocycles. The molecule has 1 heterocycles. The Morgan fingerprint density at radius 1 is 1.17 bits per heavy atom. The lowest BCUT2D eigenvalue weighted by molar-refractivity contribution is 0.194. The maximum absolute atomic E-state index is 12.2. The third-order valence-electron chi connectivity index (χ3n) is 3.77. The highest BCUT2D eigenvalue weighted by molar-refractivity contribution is 7.91. The average Bonchev–Trinajstić information content (AvgIpc) is 2.61. The Morgan fingerprint density at radius 2 is 1.83 bits per heavy atom. The number of amides is 2. The van der Waals surface area contributed by atoms with Crippen LogP contribution in [0.1, 0.15) is 18.7 Å². The van der Waals surface area contributed by atoms with E-state index in [4.69, 9.17) is 0 Å². The van der Waals surface area contributed by atoms with Crippen LogP contribution in [-0.4, -0.2) is 43.7 Å². The van der Waals surface area contributed by atoms with Crippen LogP contribution in [0.2, 0.25) is 0 Å². The predicted octanol–water partition coefficient (Wildman–Crippen LogP) is 2.26. The molecule has 1 aromatic heterocycles. The van der Waals surface area contributed by atoms with Crippen LogP contribution in [0.4, 0.5) is 4.79 Å². The smallest absolute Gasteiger partial charge is 0.317 e. The Kier molecular flexibility index (Phi) is 5.92. The standard InChI is InChI=1S/C17H21N3O3S/c1-14(16-10-6-7-11-18-16)20(2)17(21)19-12-13-24(22,23)15-8-4-3-5-9-15/h3-11,14H,12-13H2,1-2H3,(H,19,21). The molecule has 0 aliphatic heterocycles. The van der Waals surface area contributed by atoms with Gasteiger partial charge in [0.2, 0.25) is 0 Å². The number of pyridine rings is 1. The molecule has 2 amide bonds. The van der Waals surface area contributed by atoms with Crippen molar-refractivity contribution in [2.45, 2.75) is 17.9 Å². The van der Waals surface area contributed by atoms with Crippen molar-refractivity contribution < 1.29 is 13.2 Å². The van der Waals surface area contributed by atoms with E-state index in [9.17, 15) is 13.2 Å². The number of rotatable bonds is 6. The van der Waals surface area contributed by atoms with E-state index in [-0.39, 0.29) is 29.3 Å². The first kappa shape index (κ1) is 17.9. The fourth-order valence-corrected chi connectivity index (χ4v) is 3.34. The maximum Gasteiger partial charge on any atom is 0.317 e. The van der Waals surface area contributed by atoms with E-state index in [2.05, 4.69) is 10.3 Å². The van der Waals surface area contributed by atoms with E-state index in [0.29, 0.717) is 0 Å². The summed E-state index contributed by atoms with van der Waals surface area (Å²) in [5, 5.41) is 2.64. The molecular formula is C17H21N3O3S. The third-order valence-corrected chi connectivity index (χ3v) is 5.50. The lowest BCUT2D eigenvalue weighted by Crippen LogP contribution is -2.40. The molecule has 0 fully saturated rings. The minimum absolute atomic E-state index is 0.0509. The van der Waals surface area contributed by atoms with Crippen LogP contribution < -0.4 is 5.32 Å². The number of nitrogens with zero attached hydrogens (tertiary/aromatic N) is 2. The molecule has 2 rings (SSSR count). The van der Waals surface area contributed by atoms with Crippen LogP contribution in [0.3, 0.4) is 0 Å². The van der Waals surface area contributed by atoms with Gasteiger partial charge in [-0.25, -0.2) is 13.2 Å². The summed E-state index contributed by atoms with van der Waals surface area (Å²) in [6, 6.07) is 13.2. The number of hydrogen-bond donors (Lipinski definition) is 1. The van der Waals surface area contributed by atoms with Gasteiger partial charge in [-0.1, -0.05) is 24.3 Å². The molecule has 0 spiro atoms. The summed E-state index contributed by atoms with van der Waals surface area (Å²) >= 11 is 0. The van der Waals surface area contributed by atoms with E-state index < -0.39 is 9.84 Å². The molecule has 7 heteroatoms. The van der Waals surface area contributed by atoms with E-state index in [1.807, 2.05) is 25.1 Å². The van der Waals surface area contributed by atoms with Crippen molar-refractivity contribution in [2.24, 2.45) is 0 Å². The molecular weight excluding hydrogens is 326 g/mol. The zero-order valence-corrected chi connectivity index (χ0v) is 14.5. The van der Waals surface area contributed by atoms with Crippen molar-refractivity contribution in [1.82, 2.24) is 15.2 Å². The fraction of sp³-hybridized carbons (Fsp3) is 0.294. The quantitative estimate of drug-likeness (QED) is 0.869. The molecule has 2 aromatic rings. The summed E-state index contributed by atoms with van der Waals surface area (Å²) in [6.45, 7) is 1.91. The van der Waals surface area contributed by atoms with E-state index >= 15 is 0 Å². The highest BCUT2D eigenvalue weighted by atomic mass is 32.2. The summed E-state index contributed by atoms with van der Waals surface area (Å²) in [6.07, 6.45) is 1.67. The molecule has 1 aromatic carbocycles. The Bertz CT molecular complexity index is 764. The summed E-state index contributed by atoms with van der Waals surface area (Å²) in [7, 11) is -1.75. The number of carbonyl (C=O) groups excluding carboxylic acids is 1. The monoisotopic (exact) mass is 347 g/mol. The minimum atomic E-state index is -3.40. The lowest BCUT2D eigenvalue weighted by atomic mass is 10.2. The zero-order valence-electron chi connectivity index (χ0n) is 13.7. The van der Waals surface area contributed by atoms with Crippen LogP contribution in [0.5, 0.6) is 0 Å². The van der Waals surface area contributed by atoms with Gasteiger partial charge < -0.3 is 10.2 Å². The molecule has 0 aliphatic carbocycles. The van der Waals surface area contributed by atoms with Crippen molar-refractivity contribution in [3.63, 3.8) is 0 Å². The van der Waals surface area contributed by atoms with Gasteiger partial charge in [0.1, 0.15) is 0 Å². The number of benzene rings is 1. The van der Waals surface area contributed by atoms with Crippen molar-refractivity contribution in [2.75, 3.05) is 19.3 Å². The van der Waals surface area contributed by atoms with Crippen LogP contribution >= 0.6 is 0 Å². The molecule has 1 atom stereocenters. The molecule has 0 radical (unpaired) electrons. The SMILES string of the molecule is CC(c1ccccn1)N(C)C(=O)NCCS(=O)(=O)c1ccccc1. The van der Waals surface area contributed by atoms with Crippen molar-refractivity contribution in [1.29, 1.82) is 0 Å². The molecule has 24 heavy (non-hydrogen) atoms. The second-order valence-corrected chi connectivity index (χ2v) is 7.51. The zero-order chi connectivity index (χ0) is 17.6. The third kappa shape index (κ3) is 4.55. The minimum Gasteiger partial charge on any atom is -0.337 e. The van der Waals surface area contributed by atoms with Crippen LogP contribution in [-0.2, 0) is 9.84 Å². The number of sulfone groups is 1. The topological polar surface area (TPSA) is 79.4 Å². The van der Waals surface area contributed by atoms with Gasteiger partial charge in [0.05, 0.1) is 22.4 Å². The number of nitrogens with one attached hydrogen (secondary N) is 1. The summed E-state index contributed by atoms with van der Waals surface area (Å²) < 4.78 is 24.3. The summed E-state index contributed by atoms with van der Waals surface area (Å²) in [4.78, 5) is 18.2. The average molecular weight is 347 g/mol. The Labute approximate surface area is 142 Å². The number of aromatic nitrogens is 1. The van der Waals surface area contributed by atoms with Gasteiger partial charge in [0.25, 0.3) is 0 Å². The molecule has 0 bridgehead atoms. The summed E-state index contributed by atoms with van der Waals surface area (Å²) in [5.74, 6) is -0.144. The number of hydrogen-bond acceptors (Lipinski definition) is 4. The highest BCUT2D eigenvalue weighted by Gasteiger charge is 2.19. The molecule has 0 saturated carbocycles. The molecule has 0 aliphatic rings. The van der Waals surface area contributed by atoms with Crippen molar-refractivity contribution in [3.8, 4) is 0 Å². The van der Waals surface area contributed by atoms with Gasteiger partial charge in [-0.05, 0) is 31.2 Å². The second kappa shape index (κ2) is 7.92. The second-order valence-electron chi connectivity index (χ2n) is 5.41. The first-order chi connectivity index (χ1) is 11.4. The number of urea groups is 1. The molecule has 1 unspecified atom stereocenters. The molecule has 128 valence electrons. The summed E-state index contributed by atoms with van der Waals surface area (Å²) in [5.41, 5.74) is 0.770. The van der Waals surface area contributed by atoms with E-state index in [1.165, 1.54) is 4.90 Å². The van der Waals surface area contributed by atoms with Gasteiger partial charge >= 0.3 is 6.03 Å². The van der Waals surface area contributed by atoms with Gasteiger partial charge in [-0.3, -0.25) is 4.98 Å². The Hall–Kier alpha value is -2.41. The Balaban J connectivity index is 1.89.